The van der Waals surface area contributed by atoms with E-state index in [9.17, 15) is 5.26 Å². The maximum Gasteiger partial charge on any atom is 0.180 e. The van der Waals surface area contributed by atoms with Gasteiger partial charge in [-0.25, -0.2) is 0 Å². The fraction of sp³-hybridized carbons (Fsp3) is 0.611. The van der Waals surface area contributed by atoms with Crippen LogP contribution in [0.3, 0.4) is 0 Å². The average Bonchev–Trinajstić information content (AvgIpc) is 2.52. The molecule has 0 saturated carbocycles. The molecule has 0 radical (unpaired) electrons. The van der Waals surface area contributed by atoms with Crippen LogP contribution in [0.25, 0.3) is 0 Å². The minimum Gasteiger partial charge on any atom is -0.356 e. The van der Waals surface area contributed by atoms with E-state index in [2.05, 4.69) is 43.9 Å². The van der Waals surface area contributed by atoms with E-state index in [1.165, 1.54) is 5.56 Å². The van der Waals surface area contributed by atoms with E-state index < -0.39 is 5.60 Å². The molecule has 0 aliphatic carbocycles. The lowest BCUT2D eigenvalue weighted by molar-refractivity contribution is -0.0341. The molecule has 1 aliphatic heterocycles. The smallest absolute Gasteiger partial charge is 0.180 e. The molecule has 1 aromatic carbocycles. The second-order valence-electron chi connectivity index (χ2n) is 5.99. The van der Waals surface area contributed by atoms with E-state index >= 15 is 0 Å². The van der Waals surface area contributed by atoms with Gasteiger partial charge in [-0.3, -0.25) is 0 Å². The van der Waals surface area contributed by atoms with Crippen LogP contribution < -0.4 is 0 Å². The van der Waals surface area contributed by atoms with Crippen LogP contribution in [-0.4, -0.2) is 31.1 Å². The molecule has 0 N–H and O–H groups in total. The van der Waals surface area contributed by atoms with Gasteiger partial charge >= 0.3 is 0 Å². The molecule has 3 nitrogen and oxygen atoms in total. The molecule has 1 aliphatic rings. The van der Waals surface area contributed by atoms with Gasteiger partial charge < -0.3 is 9.64 Å². The Morgan fingerprint density at radius 2 is 2.05 bits per heavy atom. The first-order valence-corrected chi connectivity index (χ1v) is 8.01. The van der Waals surface area contributed by atoms with Gasteiger partial charge in [0.05, 0.1) is 6.61 Å². The van der Waals surface area contributed by atoms with Crippen LogP contribution in [0.4, 0.5) is 0 Å². The van der Waals surface area contributed by atoms with Crippen LogP contribution in [0, 0.1) is 17.2 Å². The lowest BCUT2D eigenvalue weighted by Crippen LogP contribution is -2.38. The molecule has 0 saturated heterocycles. The first-order valence-electron chi connectivity index (χ1n) is 8.01. The summed E-state index contributed by atoms with van der Waals surface area (Å²) in [7, 11) is 0. The van der Waals surface area contributed by atoms with E-state index in [1.807, 2.05) is 12.1 Å². The highest BCUT2D eigenvalue weighted by Gasteiger charge is 2.39. The first-order chi connectivity index (χ1) is 10.1. The van der Waals surface area contributed by atoms with Crippen LogP contribution in [0.2, 0.25) is 0 Å². The zero-order valence-electron chi connectivity index (χ0n) is 13.4. The molecule has 1 heterocycles. The third-order valence-corrected chi connectivity index (χ3v) is 4.45. The van der Waals surface area contributed by atoms with Gasteiger partial charge in [-0.15, -0.1) is 0 Å². The minimum absolute atomic E-state index is 0.427. The fourth-order valence-corrected chi connectivity index (χ4v) is 3.33. The number of hydrogen-bond donors (Lipinski definition) is 0. The van der Waals surface area contributed by atoms with Crippen LogP contribution in [0.1, 0.15) is 38.3 Å². The number of fused-ring (bicyclic) bond motifs is 1. The SMILES string of the molecule is CCN(CC)C[C@H](C)C[C@@]1(C#N)OCCc2ccccc21. The fourth-order valence-electron chi connectivity index (χ4n) is 3.33. The van der Waals surface area contributed by atoms with Crippen molar-refractivity contribution in [2.75, 3.05) is 26.2 Å². The van der Waals surface area contributed by atoms with Crippen molar-refractivity contribution in [2.45, 2.75) is 39.2 Å². The summed E-state index contributed by atoms with van der Waals surface area (Å²) >= 11 is 0. The van der Waals surface area contributed by atoms with Gasteiger partial charge in [-0.05, 0) is 37.4 Å². The molecule has 0 unspecified atom stereocenters. The van der Waals surface area contributed by atoms with E-state index in [0.717, 1.165) is 38.0 Å². The van der Waals surface area contributed by atoms with Gasteiger partial charge in [0, 0.05) is 12.1 Å². The third kappa shape index (κ3) is 3.45. The van der Waals surface area contributed by atoms with Crippen LogP contribution in [0.5, 0.6) is 0 Å². The van der Waals surface area contributed by atoms with E-state index in [-0.39, 0.29) is 0 Å². The molecule has 2 rings (SSSR count). The maximum absolute atomic E-state index is 9.80. The van der Waals surface area contributed by atoms with Crippen molar-refractivity contribution in [3.63, 3.8) is 0 Å². The molecule has 0 fully saturated rings. The van der Waals surface area contributed by atoms with Crippen molar-refractivity contribution in [2.24, 2.45) is 5.92 Å². The van der Waals surface area contributed by atoms with Gasteiger partial charge in [0.15, 0.2) is 5.60 Å². The molecule has 2 atom stereocenters. The average molecular weight is 286 g/mol. The van der Waals surface area contributed by atoms with Gasteiger partial charge in [0.2, 0.25) is 0 Å². The number of rotatable bonds is 6. The van der Waals surface area contributed by atoms with E-state index in [0.29, 0.717) is 12.5 Å². The maximum atomic E-state index is 9.80. The number of nitrogens with zero attached hydrogens (tertiary/aromatic N) is 2. The zero-order valence-corrected chi connectivity index (χ0v) is 13.4. The second kappa shape index (κ2) is 7.06. The Morgan fingerprint density at radius 1 is 1.33 bits per heavy atom. The minimum atomic E-state index is -0.762. The summed E-state index contributed by atoms with van der Waals surface area (Å²) in [5, 5.41) is 9.80. The third-order valence-electron chi connectivity index (χ3n) is 4.45. The number of nitriles is 1. The zero-order chi connectivity index (χ0) is 15.3. The molecular formula is C18H26N2O. The topological polar surface area (TPSA) is 36.3 Å². The second-order valence-corrected chi connectivity index (χ2v) is 5.99. The van der Waals surface area contributed by atoms with Crippen LogP contribution in [-0.2, 0) is 16.8 Å². The van der Waals surface area contributed by atoms with Crippen LogP contribution >= 0.6 is 0 Å². The highest BCUT2D eigenvalue weighted by Crippen LogP contribution is 2.37. The molecule has 21 heavy (non-hydrogen) atoms. The molecule has 0 spiro atoms. The van der Waals surface area contributed by atoms with Crippen LogP contribution in [0.15, 0.2) is 24.3 Å². The molecule has 0 bridgehead atoms. The summed E-state index contributed by atoms with van der Waals surface area (Å²) < 4.78 is 5.98. The summed E-state index contributed by atoms with van der Waals surface area (Å²) in [6.45, 7) is 10.4. The highest BCUT2D eigenvalue weighted by molar-refractivity contribution is 5.38. The van der Waals surface area contributed by atoms with Gasteiger partial charge in [-0.2, -0.15) is 5.26 Å². The Labute approximate surface area is 128 Å². The lowest BCUT2D eigenvalue weighted by Gasteiger charge is -2.36. The molecular weight excluding hydrogens is 260 g/mol. The van der Waals surface area contributed by atoms with Crippen molar-refractivity contribution in [3.8, 4) is 6.07 Å². The van der Waals surface area contributed by atoms with Gasteiger partial charge in [0.25, 0.3) is 0 Å². The van der Waals surface area contributed by atoms with E-state index in [4.69, 9.17) is 4.74 Å². The summed E-state index contributed by atoms with van der Waals surface area (Å²) in [6.07, 6.45) is 1.67. The molecule has 114 valence electrons. The lowest BCUT2D eigenvalue weighted by atomic mass is 9.81. The Morgan fingerprint density at radius 3 is 2.71 bits per heavy atom. The standard InChI is InChI=1S/C18H26N2O/c1-4-20(5-2)13-15(3)12-18(14-19)17-9-7-6-8-16(17)10-11-21-18/h6-9,15H,4-5,10-13H2,1-3H3/t15-,18+/m1/s1. The first kappa shape index (κ1) is 16.0. The van der Waals surface area contributed by atoms with Crippen molar-refractivity contribution in [3.05, 3.63) is 35.4 Å². The highest BCUT2D eigenvalue weighted by atomic mass is 16.5. The summed E-state index contributed by atoms with van der Waals surface area (Å²) in [4.78, 5) is 2.41. The molecule has 3 heteroatoms. The molecule has 1 aromatic rings. The summed E-state index contributed by atoms with van der Waals surface area (Å²) in [5.74, 6) is 0.427. The van der Waals surface area contributed by atoms with Crippen molar-refractivity contribution in [1.82, 2.24) is 4.90 Å². The summed E-state index contributed by atoms with van der Waals surface area (Å²) in [5.41, 5.74) is 1.58. The molecule has 0 amide bonds. The number of hydrogen-bond acceptors (Lipinski definition) is 3. The Hall–Kier alpha value is -1.37. The van der Waals surface area contributed by atoms with E-state index in [1.54, 1.807) is 0 Å². The monoisotopic (exact) mass is 286 g/mol. The summed E-state index contributed by atoms with van der Waals surface area (Å²) in [6, 6.07) is 10.7. The van der Waals surface area contributed by atoms with Crippen molar-refractivity contribution >= 4 is 0 Å². The van der Waals surface area contributed by atoms with Crippen molar-refractivity contribution < 1.29 is 4.74 Å². The normalized spacial score (nSPS) is 22.6. The number of benzene rings is 1. The Bertz CT molecular complexity index is 504. The predicted octanol–water partition coefficient (Wildman–Crippen LogP) is 3.35. The quantitative estimate of drug-likeness (QED) is 0.804. The molecule has 0 aromatic heterocycles. The van der Waals surface area contributed by atoms with Gasteiger partial charge in [0.1, 0.15) is 6.07 Å². The largest absolute Gasteiger partial charge is 0.356 e. The number of ether oxygens (including phenoxy) is 1. The Balaban J connectivity index is 2.18. The Kier molecular flexibility index (Phi) is 5.39. The van der Waals surface area contributed by atoms with Gasteiger partial charge in [-0.1, -0.05) is 45.0 Å². The predicted molar refractivity (Wildman–Crippen MR) is 85.0 cm³/mol. The van der Waals surface area contributed by atoms with Crippen molar-refractivity contribution in [1.29, 1.82) is 5.26 Å².